The number of carbonyl (C=O) groups is 2. The Morgan fingerprint density at radius 1 is 1.11 bits per heavy atom. The molecule has 2 heterocycles. The number of para-hydroxylation sites is 1. The van der Waals surface area contributed by atoms with E-state index in [2.05, 4.69) is 20.0 Å². The lowest BCUT2D eigenvalue weighted by atomic mass is 10.1. The number of carbonyl (C=O) groups excluding carboxylic acids is 2. The third kappa shape index (κ3) is 6.15. The predicted octanol–water partition coefficient (Wildman–Crippen LogP) is 2.79. The Kier molecular flexibility index (Phi) is 7.30. The maximum Gasteiger partial charge on any atom is 0.471 e. The smallest absolute Gasteiger partial charge is 0.471 e. The summed E-state index contributed by atoms with van der Waals surface area (Å²) in [7, 11) is 0. The fourth-order valence-electron chi connectivity index (χ4n) is 3.44. The van der Waals surface area contributed by atoms with E-state index in [9.17, 15) is 22.8 Å². The lowest BCUT2D eigenvalue weighted by molar-refractivity contribution is -0.159. The number of rotatable bonds is 7. The zero-order chi connectivity index (χ0) is 24.8. The second-order valence-corrected chi connectivity index (χ2v) is 7.63. The van der Waals surface area contributed by atoms with Crippen molar-refractivity contribution < 1.29 is 36.8 Å². The van der Waals surface area contributed by atoms with E-state index in [0.29, 0.717) is 18.9 Å². The van der Waals surface area contributed by atoms with Crippen molar-refractivity contribution >= 4 is 11.8 Å². The molecule has 1 aliphatic heterocycles. The Morgan fingerprint density at radius 2 is 1.86 bits per heavy atom. The average Bonchev–Trinajstić information content (AvgIpc) is 3.38. The fourth-order valence-corrected chi connectivity index (χ4v) is 3.44. The van der Waals surface area contributed by atoms with Crippen LogP contribution in [0.1, 0.15) is 16.2 Å². The van der Waals surface area contributed by atoms with Crippen molar-refractivity contribution in [3.05, 3.63) is 66.1 Å². The summed E-state index contributed by atoms with van der Waals surface area (Å²) < 4.78 is 53.1. The minimum Gasteiger partial charge on any atom is -0.484 e. The molecule has 0 spiro atoms. The molecule has 1 fully saturated rings. The number of alkyl halides is 3. The first kappa shape index (κ1) is 24.2. The van der Waals surface area contributed by atoms with Crippen LogP contribution in [-0.4, -0.2) is 65.8 Å². The molecule has 1 aliphatic rings. The van der Waals surface area contributed by atoms with Gasteiger partial charge in [-0.15, -0.1) is 0 Å². The molecule has 35 heavy (non-hydrogen) atoms. The molecule has 1 saturated heterocycles. The Balaban J connectivity index is 1.32. The monoisotopic (exact) mass is 490 g/mol. The van der Waals surface area contributed by atoms with Gasteiger partial charge < -0.3 is 24.2 Å². The normalized spacial score (nSPS) is 16.1. The molecule has 1 atom stereocenters. The summed E-state index contributed by atoms with van der Waals surface area (Å²) in [6.07, 6.45) is -4.74. The van der Waals surface area contributed by atoms with Gasteiger partial charge >= 0.3 is 12.1 Å². The van der Waals surface area contributed by atoms with Gasteiger partial charge in [0.25, 0.3) is 11.8 Å². The van der Waals surface area contributed by atoms with Crippen LogP contribution >= 0.6 is 0 Å². The largest absolute Gasteiger partial charge is 0.484 e. The van der Waals surface area contributed by atoms with Crippen molar-refractivity contribution in [2.24, 2.45) is 0 Å². The average molecular weight is 490 g/mol. The summed E-state index contributed by atoms with van der Waals surface area (Å²) in [6, 6.07) is 14.3. The highest BCUT2D eigenvalue weighted by molar-refractivity contribution is 5.94. The van der Waals surface area contributed by atoms with Crippen LogP contribution in [-0.2, 0) is 15.7 Å². The summed E-state index contributed by atoms with van der Waals surface area (Å²) in [5.41, 5.74) is 0.534. The molecule has 2 amide bonds. The number of hydrogen-bond donors (Lipinski definition) is 1. The van der Waals surface area contributed by atoms with Crippen LogP contribution in [0.2, 0.25) is 0 Å². The van der Waals surface area contributed by atoms with Crippen molar-refractivity contribution in [1.82, 2.24) is 20.4 Å². The Hall–Kier alpha value is -3.93. The van der Waals surface area contributed by atoms with Crippen LogP contribution < -0.4 is 10.1 Å². The van der Waals surface area contributed by atoms with Gasteiger partial charge in [0, 0.05) is 24.2 Å². The molecule has 1 N–H and O–H groups in total. The quantitative estimate of drug-likeness (QED) is 0.543. The van der Waals surface area contributed by atoms with E-state index in [-0.39, 0.29) is 48.7 Å². The number of aromatic nitrogens is 2. The maximum absolute atomic E-state index is 12.7. The maximum atomic E-state index is 12.7. The van der Waals surface area contributed by atoms with Gasteiger partial charge in [0.05, 0.1) is 19.3 Å². The van der Waals surface area contributed by atoms with Crippen molar-refractivity contribution in [3.63, 3.8) is 0 Å². The van der Waals surface area contributed by atoms with Crippen molar-refractivity contribution in [2.75, 3.05) is 32.9 Å². The van der Waals surface area contributed by atoms with Gasteiger partial charge in [0.1, 0.15) is 5.75 Å². The van der Waals surface area contributed by atoms with Crippen LogP contribution in [0.5, 0.6) is 5.75 Å². The predicted molar refractivity (Wildman–Crippen MR) is 115 cm³/mol. The summed E-state index contributed by atoms with van der Waals surface area (Å²) in [5, 5.41) is 6.07. The van der Waals surface area contributed by atoms with Gasteiger partial charge in [-0.3, -0.25) is 9.59 Å². The topological polar surface area (TPSA) is 107 Å². The number of benzene rings is 2. The molecule has 1 aromatic heterocycles. The van der Waals surface area contributed by atoms with E-state index in [1.807, 2.05) is 6.07 Å². The van der Waals surface area contributed by atoms with E-state index in [4.69, 9.17) is 9.47 Å². The summed E-state index contributed by atoms with van der Waals surface area (Å²) in [6.45, 7) is 1.03. The molecule has 2 aromatic carbocycles. The van der Waals surface area contributed by atoms with Crippen LogP contribution in [0.15, 0.2) is 59.1 Å². The van der Waals surface area contributed by atoms with E-state index in [0.717, 1.165) is 0 Å². The molecule has 0 radical (unpaired) electrons. The minimum atomic E-state index is -4.74. The van der Waals surface area contributed by atoms with E-state index in [1.54, 1.807) is 29.2 Å². The standard InChI is InChI=1S/C23H21F3N4O5/c24-23(25,26)22-28-20(29-35-22)15-6-8-16(9-7-15)21(32)27-12-17-13-33-11-10-30(17)19(31)14-34-18-4-2-1-3-5-18/h1-9,17H,10-14H2,(H,27,32)/t17-/m1/s1. The van der Waals surface area contributed by atoms with E-state index < -0.39 is 18.0 Å². The van der Waals surface area contributed by atoms with Crippen molar-refractivity contribution in [1.29, 1.82) is 0 Å². The van der Waals surface area contributed by atoms with Gasteiger partial charge in [-0.25, -0.2) is 0 Å². The number of morpholine rings is 1. The Labute approximate surface area is 197 Å². The molecular weight excluding hydrogens is 469 g/mol. The molecule has 0 unspecified atom stereocenters. The zero-order valence-corrected chi connectivity index (χ0v) is 18.3. The van der Waals surface area contributed by atoms with Gasteiger partial charge in [-0.1, -0.05) is 35.5 Å². The van der Waals surface area contributed by atoms with Crippen LogP contribution in [0.4, 0.5) is 13.2 Å². The first-order valence-corrected chi connectivity index (χ1v) is 10.7. The number of amides is 2. The second-order valence-electron chi connectivity index (χ2n) is 7.63. The lowest BCUT2D eigenvalue weighted by Crippen LogP contribution is -2.54. The minimum absolute atomic E-state index is 0.137. The van der Waals surface area contributed by atoms with E-state index >= 15 is 0 Å². The highest BCUT2D eigenvalue weighted by Crippen LogP contribution is 2.29. The van der Waals surface area contributed by atoms with Crippen LogP contribution in [0, 0.1) is 0 Å². The summed E-state index contributed by atoms with van der Waals surface area (Å²) in [4.78, 5) is 30.2. The Morgan fingerprint density at radius 3 is 2.54 bits per heavy atom. The fraction of sp³-hybridized carbons (Fsp3) is 0.304. The number of halogens is 3. The number of ether oxygens (including phenoxy) is 2. The molecule has 9 nitrogen and oxygen atoms in total. The van der Waals surface area contributed by atoms with E-state index in [1.165, 1.54) is 24.3 Å². The van der Waals surface area contributed by atoms with Crippen LogP contribution in [0.3, 0.4) is 0 Å². The molecule has 12 heteroatoms. The molecule has 3 aromatic rings. The molecule has 0 saturated carbocycles. The highest BCUT2D eigenvalue weighted by Gasteiger charge is 2.38. The van der Waals surface area contributed by atoms with Gasteiger partial charge in [-0.05, 0) is 24.3 Å². The first-order valence-electron chi connectivity index (χ1n) is 10.7. The van der Waals surface area contributed by atoms with Crippen molar-refractivity contribution in [3.8, 4) is 17.1 Å². The zero-order valence-electron chi connectivity index (χ0n) is 18.3. The third-order valence-corrected chi connectivity index (χ3v) is 5.23. The lowest BCUT2D eigenvalue weighted by Gasteiger charge is -2.35. The number of hydrogen-bond acceptors (Lipinski definition) is 7. The molecule has 0 bridgehead atoms. The van der Waals surface area contributed by atoms with Crippen LogP contribution in [0.25, 0.3) is 11.4 Å². The van der Waals surface area contributed by atoms with Gasteiger partial charge in [0.2, 0.25) is 5.82 Å². The van der Waals surface area contributed by atoms with Gasteiger partial charge in [-0.2, -0.15) is 18.2 Å². The SMILES string of the molecule is O=C(NC[C@@H]1COCCN1C(=O)COc1ccccc1)c1ccc(-c2noc(C(F)(F)F)n2)cc1. The second kappa shape index (κ2) is 10.6. The first-order chi connectivity index (χ1) is 16.8. The molecular formula is C23H21F3N4O5. The van der Waals surface area contributed by atoms with Gasteiger partial charge in [0.15, 0.2) is 6.61 Å². The molecule has 4 rings (SSSR count). The third-order valence-electron chi connectivity index (χ3n) is 5.23. The van der Waals surface area contributed by atoms with Crippen molar-refractivity contribution in [2.45, 2.75) is 12.2 Å². The molecule has 0 aliphatic carbocycles. The highest BCUT2D eigenvalue weighted by atomic mass is 19.4. The summed E-state index contributed by atoms with van der Waals surface area (Å²) >= 11 is 0. The molecule has 184 valence electrons. The summed E-state index contributed by atoms with van der Waals surface area (Å²) in [5.74, 6) is -1.75. The number of nitrogens with zero attached hydrogens (tertiary/aromatic N) is 3. The number of nitrogens with one attached hydrogen (secondary N) is 1. The Bertz CT molecular complexity index is 1150.